The van der Waals surface area contributed by atoms with Crippen LogP contribution in [-0.4, -0.2) is 27.3 Å². The zero-order valence-electron chi connectivity index (χ0n) is 17.2. The predicted molar refractivity (Wildman–Crippen MR) is 123 cm³/mol. The van der Waals surface area contributed by atoms with E-state index in [0.29, 0.717) is 0 Å². The average Bonchev–Trinajstić information content (AvgIpc) is 2.73. The van der Waals surface area contributed by atoms with Crippen LogP contribution in [0.3, 0.4) is 0 Å². The van der Waals surface area contributed by atoms with Gasteiger partial charge >= 0.3 is 0 Å². The Balaban J connectivity index is 0.00000392. The highest BCUT2D eigenvalue weighted by Crippen LogP contribution is 2.17. The molecule has 0 aliphatic heterocycles. The van der Waals surface area contributed by atoms with Crippen LogP contribution in [0.15, 0.2) is 48.5 Å². The molecular weight excluding hydrogens is 372 g/mol. The van der Waals surface area contributed by atoms with Gasteiger partial charge in [-0.2, -0.15) is 0 Å². The summed E-state index contributed by atoms with van der Waals surface area (Å²) in [5.74, 6) is 1.91. The van der Waals surface area contributed by atoms with Crippen molar-refractivity contribution in [2.45, 2.75) is 44.9 Å². The summed E-state index contributed by atoms with van der Waals surface area (Å²) < 4.78 is 11.5. The number of hydrogen-bond donors (Lipinski definition) is 2. The van der Waals surface area contributed by atoms with Crippen LogP contribution in [0.1, 0.15) is 44.9 Å². The van der Waals surface area contributed by atoms with Crippen molar-refractivity contribution >= 4 is 23.8 Å². The van der Waals surface area contributed by atoms with Gasteiger partial charge in [0.15, 0.2) is 0 Å². The minimum atomic E-state index is 0. The van der Waals surface area contributed by atoms with E-state index in [1.165, 1.54) is 32.1 Å². The van der Waals surface area contributed by atoms with E-state index in [2.05, 4.69) is 10.6 Å². The molecule has 0 aliphatic carbocycles. The average molecular weight is 407 g/mol. The zero-order chi connectivity index (χ0) is 19.2. The molecule has 156 valence electrons. The Kier molecular flexibility index (Phi) is 12.8. The first-order valence-electron chi connectivity index (χ1n) is 10.1. The molecule has 2 rings (SSSR count). The van der Waals surface area contributed by atoms with Gasteiger partial charge in [0.1, 0.15) is 11.5 Å². The molecule has 0 spiro atoms. The van der Waals surface area contributed by atoms with E-state index in [1.807, 2.05) is 62.6 Å². The van der Waals surface area contributed by atoms with Crippen LogP contribution in [-0.2, 0) is 0 Å². The summed E-state index contributed by atoms with van der Waals surface area (Å²) in [6.07, 6.45) is 8.60. The standard InChI is InChI=1S/C23H34N2O2.ClH/c1-24-20-10-14-22(15-11-20)26-18-8-6-4-3-5-7-9-19-27-23-16-12-21(25-2)13-17-23;/h10-17,24-25H,3-9,18-19H2,1-2H3;1H. The lowest BCUT2D eigenvalue weighted by atomic mass is 10.1. The van der Waals surface area contributed by atoms with Crippen molar-refractivity contribution in [3.63, 3.8) is 0 Å². The van der Waals surface area contributed by atoms with Crippen LogP contribution >= 0.6 is 12.4 Å². The second kappa shape index (κ2) is 14.9. The van der Waals surface area contributed by atoms with Gasteiger partial charge < -0.3 is 20.1 Å². The minimum absolute atomic E-state index is 0. The number of unbranched alkanes of at least 4 members (excludes halogenated alkanes) is 6. The van der Waals surface area contributed by atoms with Crippen molar-refractivity contribution in [1.82, 2.24) is 0 Å². The number of nitrogens with one attached hydrogen (secondary N) is 2. The number of benzene rings is 2. The van der Waals surface area contributed by atoms with Gasteiger partial charge in [-0.25, -0.2) is 0 Å². The summed E-state index contributed by atoms with van der Waals surface area (Å²) in [6.45, 7) is 1.61. The summed E-state index contributed by atoms with van der Waals surface area (Å²) in [5, 5.41) is 6.22. The molecule has 4 nitrogen and oxygen atoms in total. The van der Waals surface area contributed by atoms with Crippen LogP contribution in [0.4, 0.5) is 11.4 Å². The van der Waals surface area contributed by atoms with E-state index in [1.54, 1.807) is 0 Å². The molecule has 0 saturated carbocycles. The maximum Gasteiger partial charge on any atom is 0.119 e. The molecule has 0 saturated heterocycles. The molecule has 0 amide bonds. The number of anilines is 2. The summed E-state index contributed by atoms with van der Waals surface area (Å²) in [5.41, 5.74) is 2.22. The lowest BCUT2D eigenvalue weighted by molar-refractivity contribution is 0.300. The van der Waals surface area contributed by atoms with Gasteiger partial charge in [0.05, 0.1) is 13.2 Å². The molecule has 2 N–H and O–H groups in total. The Bertz CT molecular complexity index is 562. The van der Waals surface area contributed by atoms with Crippen LogP contribution in [0.2, 0.25) is 0 Å². The lowest BCUT2D eigenvalue weighted by Crippen LogP contribution is -1.98. The van der Waals surface area contributed by atoms with Crippen molar-refractivity contribution in [2.75, 3.05) is 37.9 Å². The van der Waals surface area contributed by atoms with Crippen molar-refractivity contribution < 1.29 is 9.47 Å². The van der Waals surface area contributed by atoms with Crippen LogP contribution in [0.5, 0.6) is 11.5 Å². The fourth-order valence-corrected chi connectivity index (χ4v) is 2.90. The Morgan fingerprint density at radius 3 is 1.18 bits per heavy atom. The first-order chi connectivity index (χ1) is 13.3. The highest BCUT2D eigenvalue weighted by Gasteiger charge is 1.97. The molecule has 28 heavy (non-hydrogen) atoms. The Hall–Kier alpha value is -2.07. The van der Waals surface area contributed by atoms with E-state index in [4.69, 9.17) is 9.47 Å². The largest absolute Gasteiger partial charge is 0.494 e. The second-order valence-electron chi connectivity index (χ2n) is 6.72. The van der Waals surface area contributed by atoms with Gasteiger partial charge in [0.25, 0.3) is 0 Å². The molecule has 0 bridgehead atoms. The Morgan fingerprint density at radius 2 is 0.857 bits per heavy atom. The fraction of sp³-hybridized carbons (Fsp3) is 0.478. The normalized spacial score (nSPS) is 10.1. The Morgan fingerprint density at radius 1 is 0.536 bits per heavy atom. The third-order valence-corrected chi connectivity index (χ3v) is 4.61. The van der Waals surface area contributed by atoms with Gasteiger partial charge in [0.2, 0.25) is 0 Å². The van der Waals surface area contributed by atoms with E-state index < -0.39 is 0 Å². The van der Waals surface area contributed by atoms with Crippen molar-refractivity contribution in [1.29, 1.82) is 0 Å². The highest BCUT2D eigenvalue weighted by molar-refractivity contribution is 5.85. The second-order valence-corrected chi connectivity index (χ2v) is 6.72. The molecule has 2 aromatic rings. The van der Waals surface area contributed by atoms with E-state index in [-0.39, 0.29) is 12.4 Å². The molecule has 0 radical (unpaired) electrons. The van der Waals surface area contributed by atoms with E-state index in [0.717, 1.165) is 48.9 Å². The zero-order valence-corrected chi connectivity index (χ0v) is 18.0. The molecule has 5 heteroatoms. The van der Waals surface area contributed by atoms with Crippen LogP contribution in [0, 0.1) is 0 Å². The van der Waals surface area contributed by atoms with Gasteiger partial charge in [0, 0.05) is 25.5 Å². The molecule has 2 aromatic carbocycles. The predicted octanol–water partition coefficient (Wildman–Crippen LogP) is 6.38. The third-order valence-electron chi connectivity index (χ3n) is 4.61. The van der Waals surface area contributed by atoms with E-state index in [9.17, 15) is 0 Å². The smallest absolute Gasteiger partial charge is 0.119 e. The molecule has 0 fully saturated rings. The van der Waals surface area contributed by atoms with E-state index >= 15 is 0 Å². The topological polar surface area (TPSA) is 42.5 Å². The molecule has 0 aliphatic rings. The van der Waals surface area contributed by atoms with Gasteiger partial charge in [-0.1, -0.05) is 32.1 Å². The number of rotatable bonds is 14. The minimum Gasteiger partial charge on any atom is -0.494 e. The third kappa shape index (κ3) is 9.75. The van der Waals surface area contributed by atoms with Crippen molar-refractivity contribution in [2.24, 2.45) is 0 Å². The van der Waals surface area contributed by atoms with Gasteiger partial charge in [-0.05, 0) is 61.4 Å². The van der Waals surface area contributed by atoms with Crippen LogP contribution in [0.25, 0.3) is 0 Å². The van der Waals surface area contributed by atoms with Crippen LogP contribution < -0.4 is 20.1 Å². The molecule has 0 unspecified atom stereocenters. The first kappa shape index (κ1) is 24.0. The van der Waals surface area contributed by atoms with Crippen molar-refractivity contribution in [3.8, 4) is 11.5 Å². The molecule has 0 atom stereocenters. The fourth-order valence-electron chi connectivity index (χ4n) is 2.90. The maximum atomic E-state index is 5.77. The SMILES string of the molecule is CNc1ccc(OCCCCCCCCCOc2ccc(NC)cc2)cc1.Cl. The first-order valence-corrected chi connectivity index (χ1v) is 10.1. The quantitative estimate of drug-likeness (QED) is 0.357. The number of ether oxygens (including phenoxy) is 2. The van der Waals surface area contributed by atoms with Gasteiger partial charge in [-0.3, -0.25) is 0 Å². The summed E-state index contributed by atoms with van der Waals surface area (Å²) in [4.78, 5) is 0. The lowest BCUT2D eigenvalue weighted by Gasteiger charge is -2.08. The summed E-state index contributed by atoms with van der Waals surface area (Å²) >= 11 is 0. The maximum absolute atomic E-state index is 5.77. The Labute approximate surface area is 176 Å². The summed E-state index contributed by atoms with van der Waals surface area (Å²) in [6, 6.07) is 16.2. The molecule has 0 aromatic heterocycles. The number of halogens is 1. The molecular formula is C23H35ClN2O2. The van der Waals surface area contributed by atoms with Crippen molar-refractivity contribution in [3.05, 3.63) is 48.5 Å². The van der Waals surface area contributed by atoms with Gasteiger partial charge in [-0.15, -0.1) is 12.4 Å². The number of hydrogen-bond acceptors (Lipinski definition) is 4. The molecule has 0 heterocycles. The highest BCUT2D eigenvalue weighted by atomic mass is 35.5. The summed E-state index contributed by atoms with van der Waals surface area (Å²) in [7, 11) is 3.85. The monoisotopic (exact) mass is 406 g/mol.